The predicted molar refractivity (Wildman–Crippen MR) is 49.3 cm³/mol. The fourth-order valence-electron chi connectivity index (χ4n) is 0.978. The first kappa shape index (κ1) is 10.5. The van der Waals surface area contributed by atoms with Crippen LogP contribution in [0.3, 0.4) is 0 Å². The zero-order chi connectivity index (χ0) is 9.68. The molecule has 0 atom stereocenters. The Labute approximate surface area is 80.0 Å². The highest BCUT2D eigenvalue weighted by Gasteiger charge is 2.11. The van der Waals surface area contributed by atoms with Gasteiger partial charge in [-0.25, -0.2) is 13.8 Å². The third-order valence-electron chi connectivity index (χ3n) is 1.61. The monoisotopic (exact) mass is 206 g/mol. The van der Waals surface area contributed by atoms with Crippen LogP contribution in [0.2, 0.25) is 0 Å². The lowest BCUT2D eigenvalue weighted by molar-refractivity contribution is 0.151. The molecule has 1 aromatic heterocycles. The lowest BCUT2D eigenvalue weighted by Gasteiger charge is -1.95. The summed E-state index contributed by atoms with van der Waals surface area (Å²) >= 11 is 1.10. The van der Waals surface area contributed by atoms with Gasteiger partial charge in [-0.3, -0.25) is 0 Å². The van der Waals surface area contributed by atoms with Crippen LogP contribution in [-0.4, -0.2) is 18.6 Å². The molecule has 1 aromatic rings. The second-order valence-electron chi connectivity index (χ2n) is 2.67. The number of hydrogen-bond donors (Lipinski definition) is 1. The van der Waals surface area contributed by atoms with Crippen LogP contribution in [0.15, 0.2) is 6.20 Å². The number of aromatic nitrogens is 1. The van der Waals surface area contributed by atoms with Gasteiger partial charge in [0.2, 0.25) is 0 Å². The Kier molecular flexibility index (Phi) is 4.24. The molecule has 0 saturated heterocycles. The molecule has 0 radical (unpaired) electrons. The second kappa shape index (κ2) is 5.24. The average Bonchev–Trinajstić information content (AvgIpc) is 2.53. The van der Waals surface area contributed by atoms with E-state index in [2.05, 4.69) is 10.3 Å². The van der Waals surface area contributed by atoms with Crippen LogP contribution in [0.4, 0.5) is 8.78 Å². The largest absolute Gasteiger partial charge is 0.320 e. The van der Waals surface area contributed by atoms with Crippen LogP contribution in [0.5, 0.6) is 0 Å². The Morgan fingerprint density at radius 3 is 2.92 bits per heavy atom. The highest BCUT2D eigenvalue weighted by molar-refractivity contribution is 7.11. The fraction of sp³-hybridized carbons (Fsp3) is 0.625. The molecule has 0 aliphatic carbocycles. The first-order valence-electron chi connectivity index (χ1n) is 4.11. The minimum atomic E-state index is -2.43. The van der Waals surface area contributed by atoms with E-state index in [9.17, 15) is 8.78 Å². The fourth-order valence-corrected chi connectivity index (χ4v) is 1.79. The van der Waals surface area contributed by atoms with E-state index < -0.39 is 6.43 Å². The molecule has 0 unspecified atom stereocenters. The van der Waals surface area contributed by atoms with Crippen molar-refractivity contribution in [3.63, 3.8) is 0 Å². The molecule has 1 rings (SSSR count). The maximum Gasteiger partial charge on any atom is 0.289 e. The molecule has 13 heavy (non-hydrogen) atoms. The first-order chi connectivity index (χ1) is 6.24. The number of nitrogens with zero attached hydrogens (tertiary/aromatic N) is 1. The molecule has 0 amide bonds. The first-order valence-corrected chi connectivity index (χ1v) is 4.93. The summed E-state index contributed by atoms with van der Waals surface area (Å²) in [6.45, 7) is 0.905. The molecule has 1 N–H and O–H groups in total. The zero-order valence-electron chi connectivity index (χ0n) is 7.39. The summed E-state index contributed by atoms with van der Waals surface area (Å²) in [5, 5.41) is 2.93. The van der Waals surface area contributed by atoms with Crippen LogP contribution in [0.1, 0.15) is 22.7 Å². The molecule has 74 valence electrons. The second-order valence-corrected chi connectivity index (χ2v) is 3.82. The summed E-state index contributed by atoms with van der Waals surface area (Å²) in [6, 6.07) is 0. The van der Waals surface area contributed by atoms with E-state index in [-0.39, 0.29) is 5.01 Å². The zero-order valence-corrected chi connectivity index (χ0v) is 8.20. The minimum absolute atomic E-state index is 0.0699. The number of hydrogen-bond acceptors (Lipinski definition) is 3. The van der Waals surface area contributed by atoms with E-state index in [0.717, 1.165) is 35.6 Å². The van der Waals surface area contributed by atoms with Gasteiger partial charge in [-0.1, -0.05) is 0 Å². The van der Waals surface area contributed by atoms with Gasteiger partial charge in [0.1, 0.15) is 0 Å². The maximum absolute atomic E-state index is 12.1. The minimum Gasteiger partial charge on any atom is -0.320 e. The van der Waals surface area contributed by atoms with E-state index in [1.54, 1.807) is 6.20 Å². The number of alkyl halides is 2. The van der Waals surface area contributed by atoms with Crippen molar-refractivity contribution in [2.24, 2.45) is 0 Å². The molecule has 0 aromatic carbocycles. The van der Waals surface area contributed by atoms with Gasteiger partial charge in [0.05, 0.1) is 0 Å². The van der Waals surface area contributed by atoms with Crippen molar-refractivity contribution in [2.75, 3.05) is 13.6 Å². The van der Waals surface area contributed by atoms with Crippen molar-refractivity contribution in [1.82, 2.24) is 10.3 Å². The Hall–Kier alpha value is -0.550. The number of halogens is 2. The quantitative estimate of drug-likeness (QED) is 0.747. The highest BCUT2D eigenvalue weighted by atomic mass is 32.1. The van der Waals surface area contributed by atoms with E-state index in [1.807, 2.05) is 7.05 Å². The van der Waals surface area contributed by atoms with Gasteiger partial charge in [0.25, 0.3) is 6.43 Å². The van der Waals surface area contributed by atoms with Crippen molar-refractivity contribution in [3.8, 4) is 0 Å². The number of thiazole rings is 1. The molecular weight excluding hydrogens is 194 g/mol. The molecule has 0 bridgehead atoms. The summed E-state index contributed by atoms with van der Waals surface area (Å²) in [5.41, 5.74) is 0. The van der Waals surface area contributed by atoms with Gasteiger partial charge in [-0.2, -0.15) is 0 Å². The van der Waals surface area contributed by atoms with E-state index in [4.69, 9.17) is 0 Å². The standard InChI is InChI=1S/C8H12F2N2S/c1-11-4-2-3-6-5-12-8(13-6)7(9)10/h5,7,11H,2-4H2,1H3. The van der Waals surface area contributed by atoms with Gasteiger partial charge in [-0.05, 0) is 26.4 Å². The van der Waals surface area contributed by atoms with Gasteiger partial charge in [0, 0.05) is 11.1 Å². The van der Waals surface area contributed by atoms with Gasteiger partial charge < -0.3 is 5.32 Å². The van der Waals surface area contributed by atoms with Gasteiger partial charge in [0.15, 0.2) is 5.01 Å². The summed E-state index contributed by atoms with van der Waals surface area (Å²) < 4.78 is 24.2. The molecule has 0 spiro atoms. The lowest BCUT2D eigenvalue weighted by Crippen LogP contribution is -2.07. The van der Waals surface area contributed by atoms with E-state index in [1.165, 1.54) is 0 Å². The van der Waals surface area contributed by atoms with Crippen molar-refractivity contribution < 1.29 is 8.78 Å². The maximum atomic E-state index is 12.1. The molecular formula is C8H12F2N2S. The summed E-state index contributed by atoms with van der Waals surface area (Å²) in [6.07, 6.45) is 0.900. The van der Waals surface area contributed by atoms with Crippen LogP contribution in [0, 0.1) is 0 Å². The molecule has 0 aliphatic rings. The van der Waals surface area contributed by atoms with Crippen LogP contribution < -0.4 is 5.32 Å². The lowest BCUT2D eigenvalue weighted by atomic mass is 10.3. The molecule has 1 heterocycles. The Morgan fingerprint density at radius 2 is 2.38 bits per heavy atom. The summed E-state index contributed by atoms with van der Waals surface area (Å²) in [4.78, 5) is 4.58. The SMILES string of the molecule is CNCCCc1cnc(C(F)F)s1. The molecule has 0 aliphatic heterocycles. The summed E-state index contributed by atoms with van der Waals surface area (Å²) in [5.74, 6) is 0. The van der Waals surface area contributed by atoms with E-state index in [0.29, 0.717) is 0 Å². The van der Waals surface area contributed by atoms with Crippen molar-refractivity contribution in [2.45, 2.75) is 19.3 Å². The Morgan fingerprint density at radius 1 is 1.62 bits per heavy atom. The van der Waals surface area contributed by atoms with Crippen LogP contribution >= 0.6 is 11.3 Å². The number of aryl methyl sites for hydroxylation is 1. The molecule has 2 nitrogen and oxygen atoms in total. The van der Waals surface area contributed by atoms with Crippen LogP contribution in [-0.2, 0) is 6.42 Å². The Balaban J connectivity index is 2.40. The van der Waals surface area contributed by atoms with Gasteiger partial charge >= 0.3 is 0 Å². The number of nitrogens with one attached hydrogen (secondary N) is 1. The average molecular weight is 206 g/mol. The third kappa shape index (κ3) is 3.36. The number of rotatable bonds is 5. The smallest absolute Gasteiger partial charge is 0.289 e. The molecule has 0 fully saturated rings. The topological polar surface area (TPSA) is 24.9 Å². The van der Waals surface area contributed by atoms with E-state index >= 15 is 0 Å². The normalized spacial score (nSPS) is 11.1. The van der Waals surface area contributed by atoms with Crippen LogP contribution in [0.25, 0.3) is 0 Å². The molecule has 5 heteroatoms. The predicted octanol–water partition coefficient (Wildman–Crippen LogP) is 2.23. The third-order valence-corrected chi connectivity index (χ3v) is 2.67. The van der Waals surface area contributed by atoms with Crippen molar-refractivity contribution in [1.29, 1.82) is 0 Å². The van der Waals surface area contributed by atoms with Crippen molar-refractivity contribution in [3.05, 3.63) is 16.1 Å². The van der Waals surface area contributed by atoms with Gasteiger partial charge in [-0.15, -0.1) is 11.3 Å². The Bertz CT molecular complexity index is 250. The molecule has 0 saturated carbocycles. The highest BCUT2D eigenvalue weighted by Crippen LogP contribution is 2.24. The van der Waals surface area contributed by atoms with Crippen molar-refractivity contribution >= 4 is 11.3 Å². The summed E-state index contributed by atoms with van der Waals surface area (Å²) in [7, 11) is 1.87.